The molecule has 0 aromatic carbocycles. The minimum Gasteiger partial charge on any atom is -0.462 e. The van der Waals surface area contributed by atoms with Crippen molar-refractivity contribution in [1.29, 1.82) is 0 Å². The van der Waals surface area contributed by atoms with Gasteiger partial charge in [0.1, 0.15) is 6.61 Å². The Balaban J connectivity index is 4.18. The van der Waals surface area contributed by atoms with E-state index in [1.807, 2.05) is 6.08 Å². The second kappa shape index (κ2) is 38.5. The van der Waals surface area contributed by atoms with Crippen LogP contribution in [0, 0.1) is 0 Å². The number of hydrogen-bond acceptors (Lipinski definition) is 8. The number of rotatable bonds is 40. The van der Waals surface area contributed by atoms with E-state index in [1.54, 1.807) is 0 Å². The first-order valence-corrected chi connectivity index (χ1v) is 22.7. The van der Waals surface area contributed by atoms with E-state index in [4.69, 9.17) is 24.3 Å². The number of unbranched alkanes of at least 4 members (excludes halogenated alkanes) is 25. The SMILES string of the molecule is CCCCCCCCCCCCC/C=C\CCC(=O)OC(COC(=O)CCCCCCCCCCCCCCCCC)COP(=O)(O)OCCN. The van der Waals surface area contributed by atoms with Gasteiger partial charge in [-0.3, -0.25) is 18.6 Å². The molecule has 302 valence electrons. The largest absolute Gasteiger partial charge is 0.472 e. The van der Waals surface area contributed by atoms with Gasteiger partial charge >= 0.3 is 19.8 Å². The molecular weight excluding hydrogens is 665 g/mol. The lowest BCUT2D eigenvalue weighted by Crippen LogP contribution is -2.29. The summed E-state index contributed by atoms with van der Waals surface area (Å²) in [6, 6.07) is 0. The van der Waals surface area contributed by atoms with Gasteiger partial charge in [-0.1, -0.05) is 180 Å². The van der Waals surface area contributed by atoms with Gasteiger partial charge in [-0.05, 0) is 25.7 Å². The summed E-state index contributed by atoms with van der Waals surface area (Å²) in [5, 5.41) is 0. The molecule has 0 aliphatic rings. The second-order valence-electron chi connectivity index (χ2n) is 14.2. The fourth-order valence-corrected chi connectivity index (χ4v) is 6.77. The number of carbonyl (C=O) groups excluding carboxylic acids is 2. The van der Waals surface area contributed by atoms with Crippen LogP contribution in [0.5, 0.6) is 0 Å². The maximum atomic E-state index is 12.5. The van der Waals surface area contributed by atoms with Crippen molar-refractivity contribution < 1.29 is 37.6 Å². The van der Waals surface area contributed by atoms with Crippen molar-refractivity contribution in [3.05, 3.63) is 12.2 Å². The summed E-state index contributed by atoms with van der Waals surface area (Å²) in [7, 11) is -4.38. The van der Waals surface area contributed by atoms with Crippen LogP contribution in [0.4, 0.5) is 0 Å². The third-order valence-corrected chi connectivity index (χ3v) is 10.1. The zero-order valence-corrected chi connectivity index (χ0v) is 34.0. The topological polar surface area (TPSA) is 134 Å². The zero-order valence-electron chi connectivity index (χ0n) is 33.1. The molecule has 0 aromatic heterocycles. The van der Waals surface area contributed by atoms with Crippen LogP contribution >= 0.6 is 7.82 Å². The number of ether oxygens (including phenoxy) is 2. The summed E-state index contributed by atoms with van der Waals surface area (Å²) in [6.07, 6.45) is 38.2. The minimum absolute atomic E-state index is 0.0516. The maximum Gasteiger partial charge on any atom is 0.472 e. The fraction of sp³-hybridized carbons (Fsp3) is 0.902. The number of allylic oxidation sites excluding steroid dienone is 2. The van der Waals surface area contributed by atoms with Crippen LogP contribution in [0.1, 0.15) is 206 Å². The molecule has 9 nitrogen and oxygen atoms in total. The summed E-state index contributed by atoms with van der Waals surface area (Å²) in [5.41, 5.74) is 5.34. The molecule has 0 aliphatic heterocycles. The molecule has 0 amide bonds. The Hall–Kier alpha value is -1.25. The first-order valence-electron chi connectivity index (χ1n) is 21.2. The van der Waals surface area contributed by atoms with Gasteiger partial charge in [-0.2, -0.15) is 0 Å². The van der Waals surface area contributed by atoms with Gasteiger partial charge in [-0.25, -0.2) is 4.57 Å². The molecule has 10 heteroatoms. The second-order valence-corrected chi connectivity index (χ2v) is 15.7. The summed E-state index contributed by atoms with van der Waals surface area (Å²) in [5.74, 6) is -0.875. The number of nitrogens with two attached hydrogens (primary N) is 1. The first-order chi connectivity index (χ1) is 24.8. The predicted molar refractivity (Wildman–Crippen MR) is 211 cm³/mol. The highest BCUT2D eigenvalue weighted by atomic mass is 31.2. The van der Waals surface area contributed by atoms with Gasteiger partial charge in [0.05, 0.1) is 13.2 Å². The quantitative estimate of drug-likeness (QED) is 0.0272. The van der Waals surface area contributed by atoms with Gasteiger partial charge in [0.2, 0.25) is 0 Å². The van der Waals surface area contributed by atoms with E-state index in [1.165, 1.54) is 141 Å². The Labute approximate surface area is 313 Å². The monoisotopic (exact) mass is 746 g/mol. The third kappa shape index (κ3) is 38.3. The number of carbonyl (C=O) groups is 2. The average molecular weight is 746 g/mol. The van der Waals surface area contributed by atoms with Gasteiger partial charge in [0.15, 0.2) is 6.10 Å². The van der Waals surface area contributed by atoms with Crippen molar-refractivity contribution in [1.82, 2.24) is 0 Å². The molecule has 2 unspecified atom stereocenters. The lowest BCUT2D eigenvalue weighted by molar-refractivity contribution is -0.161. The van der Waals surface area contributed by atoms with E-state index in [2.05, 4.69) is 19.9 Å². The molecule has 0 aliphatic carbocycles. The number of phosphoric ester groups is 1. The van der Waals surface area contributed by atoms with Gasteiger partial charge in [0, 0.05) is 19.4 Å². The Morgan fingerprint density at radius 1 is 0.569 bits per heavy atom. The molecule has 0 fully saturated rings. The standard InChI is InChI=1S/C41H80NO8P/c1-3-5-7-9-11-13-15-17-19-21-23-25-27-29-31-33-40(43)47-37-39(38-49-51(45,46)48-36-35-42)50-41(44)34-32-30-28-26-24-22-20-18-16-14-12-10-8-6-4-2/h28,30,39H,3-27,29,31-38,42H2,1-2H3,(H,45,46)/b30-28-. The lowest BCUT2D eigenvalue weighted by Gasteiger charge is -2.19. The van der Waals surface area contributed by atoms with Crippen LogP contribution in [0.15, 0.2) is 12.2 Å². The summed E-state index contributed by atoms with van der Waals surface area (Å²) < 4.78 is 32.7. The van der Waals surface area contributed by atoms with Crippen molar-refractivity contribution in [3.8, 4) is 0 Å². The Bertz CT molecular complexity index is 856. The number of esters is 2. The molecule has 0 bridgehead atoms. The Morgan fingerprint density at radius 2 is 1.00 bits per heavy atom. The van der Waals surface area contributed by atoms with Gasteiger partial charge in [-0.15, -0.1) is 0 Å². The van der Waals surface area contributed by atoms with E-state index in [0.29, 0.717) is 6.42 Å². The van der Waals surface area contributed by atoms with Crippen LogP contribution in [-0.2, 0) is 32.7 Å². The molecule has 0 aromatic rings. The van der Waals surface area contributed by atoms with Crippen molar-refractivity contribution in [3.63, 3.8) is 0 Å². The van der Waals surface area contributed by atoms with Crippen molar-refractivity contribution in [2.45, 2.75) is 213 Å². The maximum absolute atomic E-state index is 12.5. The normalized spacial score (nSPS) is 13.4. The summed E-state index contributed by atoms with van der Waals surface area (Å²) in [4.78, 5) is 34.8. The number of hydrogen-bond donors (Lipinski definition) is 2. The molecular formula is C41H80NO8P. The van der Waals surface area contributed by atoms with E-state index in [9.17, 15) is 19.0 Å². The van der Waals surface area contributed by atoms with Gasteiger partial charge < -0.3 is 20.1 Å². The summed E-state index contributed by atoms with van der Waals surface area (Å²) in [6.45, 7) is 3.71. The van der Waals surface area contributed by atoms with Gasteiger partial charge in [0.25, 0.3) is 0 Å². The summed E-state index contributed by atoms with van der Waals surface area (Å²) >= 11 is 0. The molecule has 0 saturated heterocycles. The van der Waals surface area contributed by atoms with Crippen molar-refractivity contribution >= 4 is 19.8 Å². The van der Waals surface area contributed by atoms with Crippen LogP contribution in [0.3, 0.4) is 0 Å². The van der Waals surface area contributed by atoms with Crippen LogP contribution in [-0.4, -0.2) is 49.3 Å². The van der Waals surface area contributed by atoms with Crippen molar-refractivity contribution in [2.24, 2.45) is 5.73 Å². The van der Waals surface area contributed by atoms with E-state index in [-0.39, 0.29) is 38.6 Å². The number of phosphoric acid groups is 1. The molecule has 2 atom stereocenters. The minimum atomic E-state index is -4.38. The van der Waals surface area contributed by atoms with Crippen LogP contribution in [0.25, 0.3) is 0 Å². The van der Waals surface area contributed by atoms with E-state index in [0.717, 1.165) is 32.1 Å². The van der Waals surface area contributed by atoms with Crippen molar-refractivity contribution in [2.75, 3.05) is 26.4 Å². The molecule has 0 radical (unpaired) electrons. The third-order valence-electron chi connectivity index (χ3n) is 9.16. The highest BCUT2D eigenvalue weighted by Crippen LogP contribution is 2.43. The highest BCUT2D eigenvalue weighted by molar-refractivity contribution is 7.47. The molecule has 0 rings (SSSR count). The fourth-order valence-electron chi connectivity index (χ4n) is 6.01. The molecule has 3 N–H and O–H groups in total. The average Bonchev–Trinajstić information content (AvgIpc) is 3.11. The Morgan fingerprint density at radius 3 is 1.47 bits per heavy atom. The predicted octanol–water partition coefficient (Wildman–Crippen LogP) is 11.8. The van der Waals surface area contributed by atoms with E-state index >= 15 is 0 Å². The molecule has 0 heterocycles. The van der Waals surface area contributed by atoms with Crippen LogP contribution < -0.4 is 5.73 Å². The first kappa shape index (κ1) is 49.8. The Kier molecular flexibility index (Phi) is 37.5. The van der Waals surface area contributed by atoms with Crippen LogP contribution in [0.2, 0.25) is 0 Å². The lowest BCUT2D eigenvalue weighted by atomic mass is 10.0. The molecule has 51 heavy (non-hydrogen) atoms. The zero-order chi connectivity index (χ0) is 37.5. The smallest absolute Gasteiger partial charge is 0.462 e. The molecule has 0 spiro atoms. The highest BCUT2D eigenvalue weighted by Gasteiger charge is 2.25. The van der Waals surface area contributed by atoms with E-state index < -0.39 is 26.5 Å². The molecule has 0 saturated carbocycles.